The molecule has 1 aromatic heterocycles. The Morgan fingerprint density at radius 3 is 3.00 bits per heavy atom. The Balaban J connectivity index is 2.25. The van der Waals surface area contributed by atoms with E-state index in [0.717, 1.165) is 36.8 Å². The largest absolute Gasteiger partial charge is 0.370 e. The Hall–Kier alpha value is -0.950. The van der Waals surface area contributed by atoms with Crippen LogP contribution in [0.4, 0.5) is 11.5 Å². The van der Waals surface area contributed by atoms with Gasteiger partial charge in [0.25, 0.3) is 0 Å². The number of anilines is 2. The summed E-state index contributed by atoms with van der Waals surface area (Å²) in [6, 6.07) is 3.84. The van der Waals surface area contributed by atoms with Gasteiger partial charge in [0.15, 0.2) is 9.84 Å². The second-order valence-electron chi connectivity index (χ2n) is 5.00. The molecule has 1 aliphatic heterocycles. The molecule has 21 heavy (non-hydrogen) atoms. The summed E-state index contributed by atoms with van der Waals surface area (Å²) >= 11 is 1.71. The summed E-state index contributed by atoms with van der Waals surface area (Å²) in [7, 11) is -3.08. The minimum atomic E-state index is -3.08. The molecule has 0 saturated carbocycles. The van der Waals surface area contributed by atoms with E-state index < -0.39 is 15.2 Å². The molecule has 1 unspecified atom stereocenters. The van der Waals surface area contributed by atoms with Crippen molar-refractivity contribution in [1.29, 1.82) is 0 Å². The van der Waals surface area contributed by atoms with E-state index >= 15 is 0 Å². The summed E-state index contributed by atoms with van der Waals surface area (Å²) < 4.78 is 24.6. The molecule has 7 heteroatoms. The Morgan fingerprint density at radius 2 is 2.29 bits per heavy atom. The van der Waals surface area contributed by atoms with Crippen molar-refractivity contribution in [2.45, 2.75) is 25.6 Å². The maximum atomic E-state index is 12.3. The highest BCUT2D eigenvalue weighted by atomic mass is 32.2. The number of sulfone groups is 1. The molecule has 0 aromatic carbocycles. The van der Waals surface area contributed by atoms with Gasteiger partial charge in [-0.1, -0.05) is 13.8 Å². The number of pyridine rings is 1. The molecule has 1 fully saturated rings. The fourth-order valence-corrected chi connectivity index (χ4v) is 5.31. The van der Waals surface area contributed by atoms with E-state index in [1.807, 2.05) is 17.0 Å². The Kier molecular flexibility index (Phi) is 5.75. The summed E-state index contributed by atoms with van der Waals surface area (Å²) in [6.45, 7) is 5.44. The standard InChI is InChI=1S/C14H23N3O2S2/c1-3-6-15-13-10-12(5-7-16-13)17-8-9-20-11-14(17)21(18,19)4-2/h5,7,10,14H,3-4,6,8-9,11H2,1-2H3,(H,15,16). The Morgan fingerprint density at radius 1 is 1.48 bits per heavy atom. The quantitative estimate of drug-likeness (QED) is 0.863. The second kappa shape index (κ2) is 7.35. The number of thioether (sulfide) groups is 1. The molecule has 0 amide bonds. The number of rotatable bonds is 6. The van der Waals surface area contributed by atoms with Crippen LogP contribution in [0.25, 0.3) is 0 Å². The van der Waals surface area contributed by atoms with E-state index in [0.29, 0.717) is 5.75 Å². The van der Waals surface area contributed by atoms with Gasteiger partial charge in [0, 0.05) is 48.3 Å². The summed E-state index contributed by atoms with van der Waals surface area (Å²) in [5.41, 5.74) is 0.936. The number of hydrogen-bond acceptors (Lipinski definition) is 6. The predicted molar refractivity (Wildman–Crippen MR) is 90.9 cm³/mol. The molecule has 118 valence electrons. The molecule has 0 aliphatic carbocycles. The first-order valence-corrected chi connectivity index (χ1v) is 10.2. The second-order valence-corrected chi connectivity index (χ2v) is 8.60. The minimum Gasteiger partial charge on any atom is -0.370 e. The van der Waals surface area contributed by atoms with Crippen LogP contribution in [0.3, 0.4) is 0 Å². The van der Waals surface area contributed by atoms with Crippen LogP contribution in [0, 0.1) is 0 Å². The maximum absolute atomic E-state index is 12.3. The smallest absolute Gasteiger partial charge is 0.171 e. The lowest BCUT2D eigenvalue weighted by Crippen LogP contribution is -2.48. The number of aromatic nitrogens is 1. The van der Waals surface area contributed by atoms with Gasteiger partial charge in [-0.15, -0.1) is 0 Å². The van der Waals surface area contributed by atoms with Crippen molar-refractivity contribution in [3.05, 3.63) is 18.3 Å². The minimum absolute atomic E-state index is 0.181. The van der Waals surface area contributed by atoms with Gasteiger partial charge in [-0.3, -0.25) is 0 Å². The van der Waals surface area contributed by atoms with Gasteiger partial charge in [0.05, 0.1) is 0 Å². The topological polar surface area (TPSA) is 62.3 Å². The molecule has 0 spiro atoms. The highest BCUT2D eigenvalue weighted by Gasteiger charge is 2.33. The van der Waals surface area contributed by atoms with Crippen LogP contribution in [0.2, 0.25) is 0 Å². The van der Waals surface area contributed by atoms with Crippen molar-refractivity contribution in [2.24, 2.45) is 0 Å². The summed E-state index contributed by atoms with van der Waals surface area (Å²) in [6.07, 6.45) is 2.77. The third-order valence-corrected chi connectivity index (χ3v) is 6.82. The zero-order valence-corrected chi connectivity index (χ0v) is 14.2. The first kappa shape index (κ1) is 16.4. The van der Waals surface area contributed by atoms with Crippen molar-refractivity contribution in [3.63, 3.8) is 0 Å². The van der Waals surface area contributed by atoms with Crippen LogP contribution in [0.1, 0.15) is 20.3 Å². The van der Waals surface area contributed by atoms with E-state index in [1.54, 1.807) is 24.9 Å². The zero-order valence-electron chi connectivity index (χ0n) is 12.6. The molecule has 1 aromatic rings. The Labute approximate surface area is 131 Å². The molecular formula is C14H23N3O2S2. The number of hydrogen-bond donors (Lipinski definition) is 1. The van der Waals surface area contributed by atoms with E-state index in [9.17, 15) is 8.42 Å². The molecule has 5 nitrogen and oxygen atoms in total. The fourth-order valence-electron chi connectivity index (χ4n) is 2.31. The average Bonchev–Trinajstić information content (AvgIpc) is 2.53. The summed E-state index contributed by atoms with van der Waals surface area (Å²) in [5, 5.41) is 2.82. The summed E-state index contributed by atoms with van der Waals surface area (Å²) in [5.74, 6) is 2.58. The van der Waals surface area contributed by atoms with Crippen LogP contribution in [-0.4, -0.2) is 49.1 Å². The van der Waals surface area contributed by atoms with E-state index in [4.69, 9.17) is 0 Å². The van der Waals surface area contributed by atoms with Crippen LogP contribution < -0.4 is 10.2 Å². The molecular weight excluding hydrogens is 306 g/mol. The number of nitrogens with zero attached hydrogens (tertiary/aromatic N) is 2. The SMILES string of the molecule is CCCNc1cc(N2CCSCC2S(=O)(=O)CC)ccn1. The predicted octanol–water partition coefficient (Wildman–Crippen LogP) is 2.22. The van der Waals surface area contributed by atoms with Gasteiger partial charge in [-0.2, -0.15) is 11.8 Å². The zero-order chi connectivity index (χ0) is 15.3. The van der Waals surface area contributed by atoms with E-state index in [1.165, 1.54) is 0 Å². The van der Waals surface area contributed by atoms with Gasteiger partial charge in [0.2, 0.25) is 0 Å². The monoisotopic (exact) mass is 329 g/mol. The van der Waals surface area contributed by atoms with E-state index in [2.05, 4.69) is 17.2 Å². The van der Waals surface area contributed by atoms with Crippen LogP contribution in [0.15, 0.2) is 18.3 Å². The number of nitrogens with one attached hydrogen (secondary N) is 1. The maximum Gasteiger partial charge on any atom is 0.171 e. The van der Waals surface area contributed by atoms with Gasteiger partial charge in [0.1, 0.15) is 11.2 Å². The van der Waals surface area contributed by atoms with Crippen molar-refractivity contribution in [1.82, 2.24) is 4.98 Å². The highest BCUT2D eigenvalue weighted by Crippen LogP contribution is 2.28. The van der Waals surface area contributed by atoms with E-state index in [-0.39, 0.29) is 5.75 Å². The molecule has 1 aliphatic rings. The average molecular weight is 329 g/mol. The fraction of sp³-hybridized carbons (Fsp3) is 0.643. The molecule has 0 radical (unpaired) electrons. The van der Waals surface area contributed by atoms with Gasteiger partial charge < -0.3 is 10.2 Å². The van der Waals surface area contributed by atoms with Gasteiger partial charge in [-0.25, -0.2) is 13.4 Å². The van der Waals surface area contributed by atoms with Crippen molar-refractivity contribution in [3.8, 4) is 0 Å². The third kappa shape index (κ3) is 4.03. The van der Waals surface area contributed by atoms with Gasteiger partial charge in [-0.05, 0) is 12.5 Å². The lowest BCUT2D eigenvalue weighted by Gasteiger charge is -2.36. The Bertz CT molecular complexity index is 563. The first-order valence-electron chi connectivity index (χ1n) is 7.34. The lowest BCUT2D eigenvalue weighted by molar-refractivity contribution is 0.579. The lowest BCUT2D eigenvalue weighted by atomic mass is 10.3. The van der Waals surface area contributed by atoms with Crippen molar-refractivity contribution < 1.29 is 8.42 Å². The van der Waals surface area contributed by atoms with Gasteiger partial charge >= 0.3 is 0 Å². The normalized spacial score (nSPS) is 19.5. The molecule has 2 heterocycles. The van der Waals surface area contributed by atoms with Crippen molar-refractivity contribution in [2.75, 3.05) is 40.6 Å². The molecule has 1 saturated heterocycles. The highest BCUT2D eigenvalue weighted by molar-refractivity contribution is 8.01. The molecule has 0 bridgehead atoms. The van der Waals surface area contributed by atoms with Crippen LogP contribution in [-0.2, 0) is 9.84 Å². The first-order chi connectivity index (χ1) is 10.1. The third-order valence-electron chi connectivity index (χ3n) is 3.53. The summed E-state index contributed by atoms with van der Waals surface area (Å²) in [4.78, 5) is 6.29. The van der Waals surface area contributed by atoms with Crippen LogP contribution >= 0.6 is 11.8 Å². The molecule has 2 rings (SSSR count). The molecule has 1 atom stereocenters. The van der Waals surface area contributed by atoms with Crippen molar-refractivity contribution >= 4 is 33.1 Å². The molecule has 1 N–H and O–H groups in total. The van der Waals surface area contributed by atoms with Crippen LogP contribution in [0.5, 0.6) is 0 Å².